The van der Waals surface area contributed by atoms with Crippen LogP contribution in [-0.2, 0) is 24.2 Å². The van der Waals surface area contributed by atoms with Crippen molar-refractivity contribution in [3.05, 3.63) is 52.9 Å². The number of aryl methyl sites for hydroxylation is 1. The number of anilines is 1. The molecule has 2 aromatic rings. The fourth-order valence-corrected chi connectivity index (χ4v) is 3.74. The van der Waals surface area contributed by atoms with E-state index < -0.39 is 18.0 Å². The van der Waals surface area contributed by atoms with Gasteiger partial charge in [0.1, 0.15) is 29.2 Å². The van der Waals surface area contributed by atoms with Gasteiger partial charge in [0.25, 0.3) is 0 Å². The van der Waals surface area contributed by atoms with Crippen LogP contribution in [0.4, 0.5) is 10.2 Å². The number of fused-ring (bicyclic) bond motifs is 1. The Balaban J connectivity index is 1.91. The monoisotopic (exact) mass is 443 g/mol. The number of halogens is 1. The number of hydrogen-bond acceptors (Lipinski definition) is 6. The zero-order chi connectivity index (χ0) is 23.4. The van der Waals surface area contributed by atoms with Gasteiger partial charge in [0.2, 0.25) is 5.91 Å². The van der Waals surface area contributed by atoms with Crippen LogP contribution in [0, 0.1) is 12.3 Å². The summed E-state index contributed by atoms with van der Waals surface area (Å²) in [5.74, 6) is 0.708. The first kappa shape index (κ1) is 23.5. The van der Waals surface area contributed by atoms with Crippen LogP contribution in [0.2, 0.25) is 0 Å². The van der Waals surface area contributed by atoms with Gasteiger partial charge < -0.3 is 30.5 Å². The van der Waals surface area contributed by atoms with Crippen molar-refractivity contribution >= 4 is 17.4 Å². The van der Waals surface area contributed by atoms with Crippen molar-refractivity contribution in [1.82, 2.24) is 14.9 Å². The van der Waals surface area contributed by atoms with Gasteiger partial charge in [-0.15, -0.1) is 0 Å². The smallest absolute Gasteiger partial charge is 0.248 e. The van der Waals surface area contributed by atoms with Gasteiger partial charge in [-0.2, -0.15) is 4.39 Å². The summed E-state index contributed by atoms with van der Waals surface area (Å²) in [6.07, 6.45) is 0.817. The van der Waals surface area contributed by atoms with Crippen molar-refractivity contribution in [3.8, 4) is 5.75 Å². The molecule has 0 radical (unpaired) electrons. The highest BCUT2D eigenvalue weighted by Gasteiger charge is 2.21. The van der Waals surface area contributed by atoms with E-state index in [0.717, 1.165) is 23.3 Å². The number of ether oxygens (including phenoxy) is 1. The van der Waals surface area contributed by atoms with E-state index in [1.54, 1.807) is 6.92 Å². The quantitative estimate of drug-likeness (QED) is 0.256. The van der Waals surface area contributed by atoms with Crippen molar-refractivity contribution in [1.29, 1.82) is 5.41 Å². The number of aliphatic hydroxyl groups is 1. The molecule has 172 valence electrons. The predicted octanol–water partition coefficient (Wildman–Crippen LogP) is 2.84. The van der Waals surface area contributed by atoms with Gasteiger partial charge in [-0.05, 0) is 56.5 Å². The van der Waals surface area contributed by atoms with Gasteiger partial charge in [0.05, 0.1) is 12.3 Å². The summed E-state index contributed by atoms with van der Waals surface area (Å²) >= 11 is 0. The molecule has 1 aromatic heterocycles. The fourth-order valence-electron chi connectivity index (χ4n) is 3.74. The summed E-state index contributed by atoms with van der Waals surface area (Å²) in [6.45, 7) is 9.76. The van der Waals surface area contributed by atoms with Crippen LogP contribution < -0.4 is 15.4 Å². The van der Waals surface area contributed by atoms with Crippen LogP contribution in [0.15, 0.2) is 24.7 Å². The SMILES string of the molecule is C=C(F)Nc1c(C(C)=N)nc(Cc2cc3c(cc2C)CCO3)n1CCCNC(=O)C(C)O. The number of carbonyl (C=O) groups is 1. The van der Waals surface area contributed by atoms with Gasteiger partial charge >= 0.3 is 0 Å². The molecule has 8 nitrogen and oxygen atoms in total. The largest absolute Gasteiger partial charge is 0.493 e. The summed E-state index contributed by atoms with van der Waals surface area (Å²) in [7, 11) is 0. The standard InChI is InChI=1S/C23H30FN5O3/c1-13-10-17-6-9-32-19(17)11-18(13)12-20-28-21(14(2)25)22(27-16(4)24)29(20)8-5-7-26-23(31)15(3)30/h10-11,15,25,27,30H,4-9,12H2,1-3H3,(H,26,31). The summed E-state index contributed by atoms with van der Waals surface area (Å²) in [6, 6.07) is 4.15. The first-order valence-electron chi connectivity index (χ1n) is 10.6. The lowest BCUT2D eigenvalue weighted by atomic mass is 10.0. The molecule has 0 fully saturated rings. The number of amides is 1. The molecular weight excluding hydrogens is 413 g/mol. The number of benzene rings is 1. The normalized spacial score (nSPS) is 13.3. The van der Waals surface area contributed by atoms with Crippen molar-refractivity contribution in [2.45, 2.75) is 52.7 Å². The molecule has 0 saturated heterocycles. The Morgan fingerprint density at radius 2 is 2.22 bits per heavy atom. The molecule has 1 amide bonds. The minimum absolute atomic E-state index is 0.199. The molecule has 1 aromatic carbocycles. The molecule has 1 atom stereocenters. The van der Waals surface area contributed by atoms with Gasteiger partial charge in [0.15, 0.2) is 5.95 Å². The lowest BCUT2D eigenvalue weighted by molar-refractivity contribution is -0.128. The average Bonchev–Trinajstić information content (AvgIpc) is 3.29. The lowest BCUT2D eigenvalue weighted by Gasteiger charge is -2.15. The zero-order valence-corrected chi connectivity index (χ0v) is 18.7. The van der Waals surface area contributed by atoms with E-state index in [9.17, 15) is 14.3 Å². The number of rotatable bonds is 10. The second kappa shape index (κ2) is 9.95. The summed E-state index contributed by atoms with van der Waals surface area (Å²) in [5, 5.41) is 22.7. The molecule has 0 spiro atoms. The number of aromatic nitrogens is 2. The molecule has 0 saturated carbocycles. The molecule has 4 N–H and O–H groups in total. The molecular formula is C23H30FN5O3. The third-order valence-electron chi connectivity index (χ3n) is 5.39. The van der Waals surface area contributed by atoms with E-state index in [0.29, 0.717) is 49.9 Å². The highest BCUT2D eigenvalue weighted by atomic mass is 19.1. The lowest BCUT2D eigenvalue weighted by Crippen LogP contribution is -2.33. The Morgan fingerprint density at radius 3 is 2.88 bits per heavy atom. The third kappa shape index (κ3) is 5.34. The summed E-state index contributed by atoms with van der Waals surface area (Å²) in [5.41, 5.74) is 3.90. The molecule has 1 aliphatic heterocycles. The number of nitrogens with one attached hydrogen (secondary N) is 3. The van der Waals surface area contributed by atoms with Crippen LogP contribution in [0.5, 0.6) is 5.75 Å². The average molecular weight is 444 g/mol. The van der Waals surface area contributed by atoms with E-state index in [4.69, 9.17) is 10.1 Å². The minimum atomic E-state index is -1.08. The number of imidazole rings is 1. The van der Waals surface area contributed by atoms with Crippen molar-refractivity contribution in [2.75, 3.05) is 18.5 Å². The van der Waals surface area contributed by atoms with Crippen LogP contribution in [0.1, 0.15) is 48.5 Å². The Morgan fingerprint density at radius 1 is 1.47 bits per heavy atom. The van der Waals surface area contributed by atoms with Crippen LogP contribution in [0.3, 0.4) is 0 Å². The highest BCUT2D eigenvalue weighted by Crippen LogP contribution is 2.31. The topological polar surface area (TPSA) is 112 Å². The van der Waals surface area contributed by atoms with E-state index in [1.165, 1.54) is 12.5 Å². The highest BCUT2D eigenvalue weighted by molar-refractivity contribution is 5.99. The molecule has 1 aliphatic rings. The minimum Gasteiger partial charge on any atom is -0.493 e. The van der Waals surface area contributed by atoms with Crippen molar-refractivity contribution < 1.29 is 19.0 Å². The second-order valence-corrected chi connectivity index (χ2v) is 8.01. The van der Waals surface area contributed by atoms with E-state index >= 15 is 0 Å². The zero-order valence-electron chi connectivity index (χ0n) is 18.7. The van der Waals surface area contributed by atoms with Crippen LogP contribution in [-0.4, -0.2) is 45.5 Å². The Bertz CT molecular complexity index is 1040. The van der Waals surface area contributed by atoms with Gasteiger partial charge in [0, 0.05) is 25.9 Å². The number of aliphatic hydroxyl groups excluding tert-OH is 1. The molecule has 9 heteroatoms. The number of hydrogen-bond donors (Lipinski definition) is 4. The van der Waals surface area contributed by atoms with Crippen molar-refractivity contribution in [2.24, 2.45) is 0 Å². The summed E-state index contributed by atoms with van der Waals surface area (Å²) in [4.78, 5) is 16.2. The van der Waals surface area contributed by atoms with E-state index in [2.05, 4.69) is 28.3 Å². The van der Waals surface area contributed by atoms with Gasteiger partial charge in [-0.1, -0.05) is 6.07 Å². The summed E-state index contributed by atoms with van der Waals surface area (Å²) < 4.78 is 21.3. The maximum atomic E-state index is 13.7. The first-order chi connectivity index (χ1) is 15.2. The van der Waals surface area contributed by atoms with Gasteiger partial charge in [-0.25, -0.2) is 4.98 Å². The van der Waals surface area contributed by atoms with E-state index in [1.807, 2.05) is 17.6 Å². The van der Waals surface area contributed by atoms with Crippen molar-refractivity contribution in [3.63, 3.8) is 0 Å². The maximum Gasteiger partial charge on any atom is 0.248 e. The maximum absolute atomic E-state index is 13.7. The third-order valence-corrected chi connectivity index (χ3v) is 5.39. The first-order valence-corrected chi connectivity index (χ1v) is 10.6. The fraction of sp³-hybridized carbons (Fsp3) is 0.435. The van der Waals surface area contributed by atoms with E-state index in [-0.39, 0.29) is 5.71 Å². The Labute approximate surface area is 187 Å². The number of carbonyl (C=O) groups excluding carboxylic acids is 1. The van der Waals surface area contributed by atoms with Gasteiger partial charge in [-0.3, -0.25) is 4.79 Å². The number of nitrogens with zero attached hydrogens (tertiary/aromatic N) is 2. The molecule has 1 unspecified atom stereocenters. The molecule has 3 rings (SSSR count). The Kier molecular flexibility index (Phi) is 7.29. The van der Waals surface area contributed by atoms with Crippen LogP contribution >= 0.6 is 0 Å². The van der Waals surface area contributed by atoms with Crippen LogP contribution in [0.25, 0.3) is 0 Å². The molecule has 0 bridgehead atoms. The molecule has 32 heavy (non-hydrogen) atoms. The predicted molar refractivity (Wildman–Crippen MR) is 121 cm³/mol. The Hall–Kier alpha value is -3.20. The second-order valence-electron chi connectivity index (χ2n) is 8.01. The molecule has 0 aliphatic carbocycles. The molecule has 2 heterocycles.